The molecule has 1 aliphatic rings. The number of ether oxygens (including phenoxy) is 2. The zero-order valence-electron chi connectivity index (χ0n) is 21.1. The number of hydrogen-bond acceptors (Lipinski definition) is 8. The Balaban J connectivity index is 1.70. The van der Waals surface area contributed by atoms with Gasteiger partial charge in [0.15, 0.2) is 26.0 Å². The lowest BCUT2D eigenvalue weighted by molar-refractivity contribution is -0.0530. The van der Waals surface area contributed by atoms with E-state index in [9.17, 15) is 9.90 Å². The number of aliphatic hydroxyl groups is 1. The molecule has 1 fully saturated rings. The number of carbonyl (C=O) groups is 1. The summed E-state index contributed by atoms with van der Waals surface area (Å²) in [6.07, 6.45) is 1.08. The first-order chi connectivity index (χ1) is 16.6. The third kappa shape index (κ3) is 4.94. The van der Waals surface area contributed by atoms with E-state index in [1.807, 2.05) is 18.2 Å². The molecule has 0 aliphatic carbocycles. The van der Waals surface area contributed by atoms with Crippen LogP contribution in [-0.2, 0) is 20.3 Å². The van der Waals surface area contributed by atoms with Crippen LogP contribution in [-0.4, -0.2) is 70.8 Å². The van der Waals surface area contributed by atoms with E-state index >= 15 is 0 Å². The average Bonchev–Trinajstić information content (AvgIpc) is 3.40. The molecular formula is C25H34N4O5Si. The monoisotopic (exact) mass is 498 g/mol. The maximum Gasteiger partial charge on any atom is 0.192 e. The topological polar surface area (TPSA) is 109 Å². The van der Waals surface area contributed by atoms with Crippen LogP contribution in [0.25, 0.3) is 11.2 Å². The zero-order valence-corrected chi connectivity index (χ0v) is 22.1. The van der Waals surface area contributed by atoms with Gasteiger partial charge in [0.25, 0.3) is 0 Å². The van der Waals surface area contributed by atoms with Gasteiger partial charge >= 0.3 is 0 Å². The Bertz CT molecular complexity index is 1180. The lowest BCUT2D eigenvalue weighted by Crippen LogP contribution is -2.49. The van der Waals surface area contributed by atoms with Crippen LogP contribution in [0.2, 0.25) is 18.1 Å². The van der Waals surface area contributed by atoms with E-state index in [1.165, 1.54) is 6.33 Å². The molecule has 1 aromatic carbocycles. The van der Waals surface area contributed by atoms with Crippen molar-refractivity contribution in [3.63, 3.8) is 0 Å². The molecule has 3 aromatic rings. The molecule has 0 spiro atoms. The molecule has 0 saturated carbocycles. The Labute approximate surface area is 206 Å². The van der Waals surface area contributed by atoms with Gasteiger partial charge in [-0.1, -0.05) is 51.1 Å². The van der Waals surface area contributed by atoms with Crippen molar-refractivity contribution in [3.8, 4) is 0 Å². The molecule has 0 amide bonds. The number of aromatic nitrogens is 4. The fraction of sp³-hybridized carbons (Fsp3) is 0.520. The summed E-state index contributed by atoms with van der Waals surface area (Å²) in [6.45, 7) is 10.7. The normalized spacial score (nSPS) is 23.2. The minimum atomic E-state index is -2.22. The van der Waals surface area contributed by atoms with Gasteiger partial charge in [0.2, 0.25) is 0 Å². The summed E-state index contributed by atoms with van der Waals surface area (Å²) < 4.78 is 20.6. The number of ketones is 1. The fourth-order valence-electron chi connectivity index (χ4n) is 4.10. The summed E-state index contributed by atoms with van der Waals surface area (Å²) >= 11 is 0. The van der Waals surface area contributed by atoms with Crippen LogP contribution in [0.1, 0.15) is 43.1 Å². The molecule has 0 bridgehead atoms. The number of imidazole rings is 1. The molecule has 4 atom stereocenters. The summed E-state index contributed by atoms with van der Waals surface area (Å²) in [5.74, 6) is -0.0452. The van der Waals surface area contributed by atoms with Gasteiger partial charge in [-0.2, -0.15) is 0 Å². The second-order valence-corrected chi connectivity index (χ2v) is 15.2. The van der Waals surface area contributed by atoms with Gasteiger partial charge in [-0.05, 0) is 18.1 Å². The second-order valence-electron chi connectivity index (χ2n) is 10.4. The third-order valence-electron chi connectivity index (χ3n) is 7.11. The predicted octanol–water partition coefficient (Wildman–Crippen LogP) is 3.55. The van der Waals surface area contributed by atoms with Crippen molar-refractivity contribution in [2.75, 3.05) is 13.7 Å². The van der Waals surface area contributed by atoms with Gasteiger partial charge in [0.1, 0.15) is 30.2 Å². The highest BCUT2D eigenvalue weighted by atomic mass is 28.4. The number of methoxy groups -OCH3 is 1. The Morgan fingerprint density at radius 1 is 1.14 bits per heavy atom. The standard InChI is InChI=1S/C25H34N4O5Si/c1-25(2,3)35(5,6)34-22-21(32-4)19(13-30)33-24(22)29-15-28-20-17(26-14-27-23(20)29)12-18(31)16-10-8-7-9-11-16/h7-11,14-15,19,21-22,24,30H,12-13H2,1-6H3/t19-,21-,22-,24-/m1/s1. The van der Waals surface area contributed by atoms with Gasteiger partial charge in [-0.25, -0.2) is 15.0 Å². The van der Waals surface area contributed by atoms with Crippen molar-refractivity contribution in [1.29, 1.82) is 0 Å². The number of carbonyl (C=O) groups excluding carboxylic acids is 1. The Kier molecular flexibility index (Phi) is 7.21. The highest BCUT2D eigenvalue weighted by Crippen LogP contribution is 2.43. The SMILES string of the molecule is CO[C@H]1[C@@H](O[Si](C)(C)C(C)(C)C)[C@H](n2cnc3c(CC(=O)c4ccccc4)ncnc32)O[C@@H]1CO. The third-order valence-corrected chi connectivity index (χ3v) is 11.6. The number of benzene rings is 1. The van der Waals surface area contributed by atoms with E-state index in [0.29, 0.717) is 22.4 Å². The maximum absolute atomic E-state index is 12.8. The van der Waals surface area contributed by atoms with Crippen LogP contribution in [0.4, 0.5) is 0 Å². The van der Waals surface area contributed by atoms with E-state index < -0.39 is 32.9 Å². The first kappa shape index (κ1) is 25.6. The van der Waals surface area contributed by atoms with Crippen LogP contribution in [0.3, 0.4) is 0 Å². The van der Waals surface area contributed by atoms with Crippen LogP contribution in [0.5, 0.6) is 0 Å². The summed E-state index contributed by atoms with van der Waals surface area (Å²) in [5.41, 5.74) is 2.24. The van der Waals surface area contributed by atoms with Gasteiger partial charge in [-0.3, -0.25) is 9.36 Å². The van der Waals surface area contributed by atoms with Gasteiger partial charge < -0.3 is 19.0 Å². The number of nitrogens with zero attached hydrogens (tertiary/aromatic N) is 4. The van der Waals surface area contributed by atoms with Crippen LogP contribution < -0.4 is 0 Å². The van der Waals surface area contributed by atoms with Crippen LogP contribution >= 0.6 is 0 Å². The van der Waals surface area contributed by atoms with Crippen molar-refractivity contribution in [3.05, 3.63) is 54.2 Å². The molecule has 1 aliphatic heterocycles. The second kappa shape index (κ2) is 9.86. The van der Waals surface area contributed by atoms with Crippen LogP contribution in [0, 0.1) is 0 Å². The van der Waals surface area contributed by atoms with Gasteiger partial charge in [0.05, 0.1) is 25.0 Å². The minimum absolute atomic E-state index is 0.0305. The number of rotatable bonds is 8. The zero-order chi connectivity index (χ0) is 25.4. The lowest BCUT2D eigenvalue weighted by Gasteiger charge is -2.40. The average molecular weight is 499 g/mol. The van der Waals surface area contributed by atoms with E-state index in [2.05, 4.69) is 48.8 Å². The van der Waals surface area contributed by atoms with Crippen molar-refractivity contribution in [2.24, 2.45) is 0 Å². The highest BCUT2D eigenvalue weighted by molar-refractivity contribution is 6.74. The summed E-state index contributed by atoms with van der Waals surface area (Å²) in [4.78, 5) is 26.2. The minimum Gasteiger partial charge on any atom is -0.407 e. The molecule has 188 valence electrons. The first-order valence-corrected chi connectivity index (χ1v) is 14.7. The highest BCUT2D eigenvalue weighted by Gasteiger charge is 2.51. The number of Topliss-reactive ketones (excluding diaryl/α,β-unsaturated/α-hetero) is 1. The van der Waals surface area contributed by atoms with E-state index in [-0.39, 0.29) is 23.8 Å². The predicted molar refractivity (Wildman–Crippen MR) is 134 cm³/mol. The molecule has 0 unspecified atom stereocenters. The van der Waals surface area contributed by atoms with Crippen molar-refractivity contribution in [2.45, 2.75) is 69.9 Å². The molecule has 4 rings (SSSR count). The van der Waals surface area contributed by atoms with Crippen LogP contribution in [0.15, 0.2) is 43.0 Å². The quantitative estimate of drug-likeness (QED) is 0.371. The van der Waals surface area contributed by atoms with Crippen molar-refractivity contribution < 1.29 is 23.8 Å². The summed E-state index contributed by atoms with van der Waals surface area (Å²) in [7, 11) is -0.615. The number of hydrogen-bond donors (Lipinski definition) is 1. The lowest BCUT2D eigenvalue weighted by atomic mass is 10.1. The van der Waals surface area contributed by atoms with E-state index in [4.69, 9.17) is 13.9 Å². The smallest absolute Gasteiger partial charge is 0.192 e. The molecule has 10 heteroatoms. The molecule has 1 N–H and O–H groups in total. The largest absolute Gasteiger partial charge is 0.407 e. The Morgan fingerprint density at radius 2 is 1.86 bits per heavy atom. The van der Waals surface area contributed by atoms with Crippen molar-refractivity contribution >= 4 is 25.3 Å². The van der Waals surface area contributed by atoms with E-state index in [0.717, 1.165) is 0 Å². The first-order valence-electron chi connectivity index (χ1n) is 11.8. The molecule has 2 aromatic heterocycles. The number of aliphatic hydroxyl groups excluding tert-OH is 1. The molecular weight excluding hydrogens is 464 g/mol. The number of fused-ring (bicyclic) bond motifs is 1. The Morgan fingerprint density at radius 3 is 2.49 bits per heavy atom. The molecule has 0 radical (unpaired) electrons. The van der Waals surface area contributed by atoms with E-state index in [1.54, 1.807) is 30.1 Å². The molecule has 35 heavy (non-hydrogen) atoms. The maximum atomic E-state index is 12.8. The van der Waals surface area contributed by atoms with Gasteiger partial charge in [-0.15, -0.1) is 0 Å². The molecule has 3 heterocycles. The molecule has 9 nitrogen and oxygen atoms in total. The Hall–Kier alpha value is -2.50. The fourth-order valence-corrected chi connectivity index (χ4v) is 5.39. The molecule has 1 saturated heterocycles. The van der Waals surface area contributed by atoms with Crippen molar-refractivity contribution in [1.82, 2.24) is 19.5 Å². The summed E-state index contributed by atoms with van der Waals surface area (Å²) in [6, 6.07) is 9.11. The summed E-state index contributed by atoms with van der Waals surface area (Å²) in [5, 5.41) is 9.96. The van der Waals surface area contributed by atoms with Gasteiger partial charge in [0, 0.05) is 12.7 Å².